The van der Waals surface area contributed by atoms with E-state index in [1.165, 1.54) is 0 Å². The van der Waals surface area contributed by atoms with Gasteiger partial charge < -0.3 is 9.84 Å². The zero-order valence-electron chi connectivity index (χ0n) is 10.7. The second-order valence-electron chi connectivity index (χ2n) is 4.66. The Kier molecular flexibility index (Phi) is 5.05. The zero-order chi connectivity index (χ0) is 13.7. The van der Waals surface area contributed by atoms with E-state index in [0.717, 1.165) is 25.8 Å². The van der Waals surface area contributed by atoms with Crippen LogP contribution >= 0.6 is 11.6 Å². The van der Waals surface area contributed by atoms with Crippen LogP contribution < -0.4 is 4.74 Å². The number of hydrogen-bond donors (Lipinski definition) is 1. The van der Waals surface area contributed by atoms with E-state index in [0.29, 0.717) is 23.9 Å². The molecule has 0 radical (unpaired) electrons. The Morgan fingerprint density at radius 3 is 2.95 bits per heavy atom. The predicted octanol–water partition coefficient (Wildman–Crippen LogP) is 2.66. The van der Waals surface area contributed by atoms with Gasteiger partial charge in [-0.15, -0.1) is 0 Å². The highest BCUT2D eigenvalue weighted by Crippen LogP contribution is 2.23. The van der Waals surface area contributed by atoms with Gasteiger partial charge in [0.2, 0.25) is 0 Å². The van der Waals surface area contributed by atoms with Gasteiger partial charge in [-0.3, -0.25) is 9.69 Å². The number of carbonyl (C=O) groups is 1. The minimum Gasteiger partial charge on any atom is -0.491 e. The molecular weight excluding hydrogens is 266 g/mol. The number of likely N-dealkylation sites (tertiary alicyclic amines) is 1. The predicted molar refractivity (Wildman–Crippen MR) is 73.8 cm³/mol. The summed E-state index contributed by atoms with van der Waals surface area (Å²) in [5, 5.41) is 9.75. The van der Waals surface area contributed by atoms with Crippen LogP contribution in [0.2, 0.25) is 5.02 Å². The third-order valence-corrected chi connectivity index (χ3v) is 3.68. The summed E-state index contributed by atoms with van der Waals surface area (Å²) in [5.41, 5.74) is 0. The molecule has 1 aliphatic rings. The Balaban J connectivity index is 1.84. The summed E-state index contributed by atoms with van der Waals surface area (Å²) in [6, 6.07) is 6.93. The van der Waals surface area contributed by atoms with E-state index in [-0.39, 0.29) is 6.04 Å². The summed E-state index contributed by atoms with van der Waals surface area (Å²) >= 11 is 5.99. The molecule has 1 N–H and O–H groups in total. The van der Waals surface area contributed by atoms with Gasteiger partial charge in [0, 0.05) is 6.54 Å². The molecule has 5 heteroatoms. The first kappa shape index (κ1) is 14.2. The van der Waals surface area contributed by atoms with Crippen molar-refractivity contribution in [2.45, 2.75) is 25.3 Å². The van der Waals surface area contributed by atoms with Crippen molar-refractivity contribution >= 4 is 17.6 Å². The molecule has 0 saturated carbocycles. The molecule has 1 saturated heterocycles. The number of ether oxygens (including phenoxy) is 1. The van der Waals surface area contributed by atoms with Crippen molar-refractivity contribution in [3.05, 3.63) is 29.3 Å². The fourth-order valence-corrected chi connectivity index (χ4v) is 2.56. The number of hydrogen-bond acceptors (Lipinski definition) is 3. The maximum atomic E-state index is 11.1. The van der Waals surface area contributed by atoms with Crippen molar-refractivity contribution < 1.29 is 14.6 Å². The van der Waals surface area contributed by atoms with Crippen LogP contribution in [-0.4, -0.2) is 41.7 Å². The maximum Gasteiger partial charge on any atom is 0.320 e. The quantitative estimate of drug-likeness (QED) is 0.903. The zero-order valence-corrected chi connectivity index (χ0v) is 11.5. The molecule has 0 bridgehead atoms. The van der Waals surface area contributed by atoms with E-state index in [9.17, 15) is 4.79 Å². The average molecular weight is 284 g/mol. The lowest BCUT2D eigenvalue weighted by atomic mass is 10.0. The fraction of sp³-hybridized carbons (Fsp3) is 0.500. The summed E-state index contributed by atoms with van der Waals surface area (Å²) in [6.07, 6.45) is 2.76. The van der Waals surface area contributed by atoms with Gasteiger partial charge in [-0.05, 0) is 31.5 Å². The van der Waals surface area contributed by atoms with E-state index >= 15 is 0 Å². The van der Waals surface area contributed by atoms with Crippen LogP contribution in [0.4, 0.5) is 0 Å². The first-order valence-electron chi connectivity index (χ1n) is 6.52. The Bertz CT molecular complexity index is 438. The Labute approximate surface area is 117 Å². The molecular formula is C14H18ClNO3. The normalized spacial score (nSPS) is 20.2. The lowest BCUT2D eigenvalue weighted by molar-refractivity contribution is -0.144. The third-order valence-electron chi connectivity index (χ3n) is 3.37. The number of carboxylic acids is 1. The van der Waals surface area contributed by atoms with Gasteiger partial charge in [0.1, 0.15) is 18.4 Å². The van der Waals surface area contributed by atoms with E-state index in [1.807, 2.05) is 23.1 Å². The Hall–Kier alpha value is -1.26. The van der Waals surface area contributed by atoms with Crippen molar-refractivity contribution in [1.29, 1.82) is 0 Å². The van der Waals surface area contributed by atoms with Gasteiger partial charge >= 0.3 is 5.97 Å². The molecule has 4 nitrogen and oxygen atoms in total. The Morgan fingerprint density at radius 2 is 2.21 bits per heavy atom. The molecule has 1 fully saturated rings. The van der Waals surface area contributed by atoms with E-state index in [4.69, 9.17) is 21.4 Å². The van der Waals surface area contributed by atoms with Gasteiger partial charge in [-0.2, -0.15) is 0 Å². The second kappa shape index (κ2) is 6.78. The number of rotatable bonds is 5. The van der Waals surface area contributed by atoms with Gasteiger partial charge in [-0.1, -0.05) is 30.2 Å². The number of para-hydroxylation sites is 1. The minimum absolute atomic E-state index is 0.372. The molecule has 104 valence electrons. The minimum atomic E-state index is -0.738. The monoisotopic (exact) mass is 283 g/mol. The molecule has 1 aromatic carbocycles. The van der Waals surface area contributed by atoms with Gasteiger partial charge in [-0.25, -0.2) is 0 Å². The molecule has 1 atom stereocenters. The molecule has 0 aliphatic carbocycles. The van der Waals surface area contributed by atoms with Gasteiger partial charge in [0.05, 0.1) is 5.02 Å². The summed E-state index contributed by atoms with van der Waals surface area (Å²) in [5.74, 6) is -0.0921. The SMILES string of the molecule is O=C(O)C1CCCCN1CCOc1ccccc1Cl. The molecule has 2 rings (SSSR count). The number of nitrogens with zero attached hydrogens (tertiary/aromatic N) is 1. The van der Waals surface area contributed by atoms with Crippen molar-refractivity contribution in [3.63, 3.8) is 0 Å². The van der Waals surface area contributed by atoms with Crippen LogP contribution in [-0.2, 0) is 4.79 Å². The van der Waals surface area contributed by atoms with Crippen LogP contribution in [0.25, 0.3) is 0 Å². The largest absolute Gasteiger partial charge is 0.491 e. The highest BCUT2D eigenvalue weighted by atomic mass is 35.5. The number of halogens is 1. The first-order valence-corrected chi connectivity index (χ1v) is 6.90. The number of carboxylic acid groups (broad SMARTS) is 1. The molecule has 1 heterocycles. The van der Waals surface area contributed by atoms with Crippen molar-refractivity contribution in [1.82, 2.24) is 4.90 Å². The van der Waals surface area contributed by atoms with Crippen molar-refractivity contribution in [2.75, 3.05) is 19.7 Å². The molecule has 1 unspecified atom stereocenters. The van der Waals surface area contributed by atoms with Crippen LogP contribution in [0.3, 0.4) is 0 Å². The lowest BCUT2D eigenvalue weighted by Gasteiger charge is -2.32. The molecule has 19 heavy (non-hydrogen) atoms. The van der Waals surface area contributed by atoms with E-state index in [2.05, 4.69) is 0 Å². The first-order chi connectivity index (χ1) is 9.18. The van der Waals surface area contributed by atoms with Crippen molar-refractivity contribution in [3.8, 4) is 5.75 Å². The van der Waals surface area contributed by atoms with E-state index < -0.39 is 5.97 Å². The smallest absolute Gasteiger partial charge is 0.320 e. The fourth-order valence-electron chi connectivity index (χ4n) is 2.37. The van der Waals surface area contributed by atoms with Crippen LogP contribution in [0.15, 0.2) is 24.3 Å². The number of benzene rings is 1. The van der Waals surface area contributed by atoms with Gasteiger partial charge in [0.15, 0.2) is 0 Å². The summed E-state index contributed by atoms with van der Waals surface area (Å²) in [4.78, 5) is 13.1. The average Bonchev–Trinajstić information content (AvgIpc) is 2.41. The summed E-state index contributed by atoms with van der Waals surface area (Å²) < 4.78 is 5.60. The number of piperidine rings is 1. The molecule has 1 aliphatic heterocycles. The highest BCUT2D eigenvalue weighted by Gasteiger charge is 2.27. The van der Waals surface area contributed by atoms with Crippen LogP contribution in [0.5, 0.6) is 5.75 Å². The second-order valence-corrected chi connectivity index (χ2v) is 5.07. The topological polar surface area (TPSA) is 49.8 Å². The maximum absolute atomic E-state index is 11.1. The third kappa shape index (κ3) is 3.85. The van der Waals surface area contributed by atoms with Crippen LogP contribution in [0, 0.1) is 0 Å². The molecule has 0 aromatic heterocycles. The standard InChI is InChI=1S/C14H18ClNO3/c15-11-5-1-2-7-13(11)19-10-9-16-8-4-3-6-12(16)14(17)18/h1-2,5,7,12H,3-4,6,8-10H2,(H,17,18). The highest BCUT2D eigenvalue weighted by molar-refractivity contribution is 6.32. The van der Waals surface area contributed by atoms with E-state index in [1.54, 1.807) is 6.07 Å². The van der Waals surface area contributed by atoms with Crippen LogP contribution in [0.1, 0.15) is 19.3 Å². The summed E-state index contributed by atoms with van der Waals surface area (Å²) in [6.45, 7) is 1.89. The Morgan fingerprint density at radius 1 is 1.42 bits per heavy atom. The summed E-state index contributed by atoms with van der Waals surface area (Å²) in [7, 11) is 0. The van der Waals surface area contributed by atoms with Gasteiger partial charge in [0.25, 0.3) is 0 Å². The molecule has 0 amide bonds. The molecule has 0 spiro atoms. The molecule has 1 aromatic rings. The van der Waals surface area contributed by atoms with Crippen molar-refractivity contribution in [2.24, 2.45) is 0 Å². The lowest BCUT2D eigenvalue weighted by Crippen LogP contribution is -2.46. The number of aliphatic carboxylic acids is 1.